The van der Waals surface area contributed by atoms with E-state index in [1.54, 1.807) is 6.92 Å². The third-order valence-corrected chi connectivity index (χ3v) is 3.39. The number of aliphatic carboxylic acids is 1. The average Bonchev–Trinajstić information content (AvgIpc) is 2.39. The fourth-order valence-electron chi connectivity index (χ4n) is 1.68. The molecule has 0 fully saturated rings. The van der Waals surface area contributed by atoms with Crippen LogP contribution in [0.4, 0.5) is 4.79 Å². The third kappa shape index (κ3) is 6.75. The summed E-state index contributed by atoms with van der Waals surface area (Å²) in [5.74, 6) is -0.928. The maximum atomic E-state index is 11.9. The number of hydrogen-bond donors (Lipinski definition) is 3. The minimum Gasteiger partial charge on any atom is -0.480 e. The highest BCUT2D eigenvalue weighted by molar-refractivity contribution is 5.82. The van der Waals surface area contributed by atoms with E-state index in [1.165, 1.54) is 0 Å². The van der Waals surface area contributed by atoms with E-state index in [-0.39, 0.29) is 17.9 Å². The van der Waals surface area contributed by atoms with Gasteiger partial charge in [-0.1, -0.05) is 34.1 Å². The molecule has 0 aromatic rings. The lowest BCUT2D eigenvalue weighted by atomic mass is 9.99. The summed E-state index contributed by atoms with van der Waals surface area (Å²) in [6.07, 6.45) is 0.684. The van der Waals surface area contributed by atoms with Gasteiger partial charge in [-0.15, -0.1) is 0 Å². The summed E-state index contributed by atoms with van der Waals surface area (Å²) in [6.45, 7) is 10.5. The first kappa shape index (κ1) is 18.7. The van der Waals surface area contributed by atoms with E-state index in [2.05, 4.69) is 10.6 Å². The Kier molecular flexibility index (Phi) is 8.96. The number of amides is 2. The van der Waals surface area contributed by atoms with Gasteiger partial charge in [-0.2, -0.15) is 0 Å². The van der Waals surface area contributed by atoms with Gasteiger partial charge in [-0.3, -0.25) is 0 Å². The van der Waals surface area contributed by atoms with Crippen molar-refractivity contribution in [3.63, 3.8) is 0 Å². The molecule has 2 amide bonds. The van der Waals surface area contributed by atoms with Gasteiger partial charge in [0.1, 0.15) is 6.04 Å². The molecule has 0 spiro atoms. The first-order valence-electron chi connectivity index (χ1n) is 7.20. The van der Waals surface area contributed by atoms with Crippen LogP contribution in [0.2, 0.25) is 0 Å². The van der Waals surface area contributed by atoms with Crippen LogP contribution in [0.5, 0.6) is 0 Å². The van der Waals surface area contributed by atoms with E-state index >= 15 is 0 Å². The highest BCUT2D eigenvalue weighted by Crippen LogP contribution is 2.08. The second-order valence-corrected chi connectivity index (χ2v) is 5.33. The van der Waals surface area contributed by atoms with E-state index in [1.807, 2.05) is 27.7 Å². The second kappa shape index (κ2) is 9.58. The molecule has 0 aliphatic carbocycles. The number of carboxylic acids is 1. The molecule has 3 N–H and O–H groups in total. The smallest absolute Gasteiger partial charge is 0.326 e. The molecule has 0 bridgehead atoms. The van der Waals surface area contributed by atoms with Crippen molar-refractivity contribution in [2.24, 2.45) is 11.8 Å². The van der Waals surface area contributed by atoms with E-state index in [4.69, 9.17) is 9.84 Å². The van der Waals surface area contributed by atoms with Gasteiger partial charge in [0.2, 0.25) is 0 Å². The van der Waals surface area contributed by atoms with Crippen molar-refractivity contribution in [3.05, 3.63) is 0 Å². The molecule has 0 aromatic heterocycles. The Morgan fingerprint density at radius 1 is 1.15 bits per heavy atom. The van der Waals surface area contributed by atoms with Crippen LogP contribution >= 0.6 is 0 Å². The fourth-order valence-corrected chi connectivity index (χ4v) is 1.68. The summed E-state index contributed by atoms with van der Waals surface area (Å²) in [5.41, 5.74) is 0. The van der Waals surface area contributed by atoms with E-state index in [0.29, 0.717) is 19.6 Å². The van der Waals surface area contributed by atoms with Gasteiger partial charge >= 0.3 is 12.0 Å². The Morgan fingerprint density at radius 2 is 1.75 bits per heavy atom. The largest absolute Gasteiger partial charge is 0.480 e. The lowest BCUT2D eigenvalue weighted by Gasteiger charge is -2.25. The number of carbonyl (C=O) groups is 2. The van der Waals surface area contributed by atoms with Crippen molar-refractivity contribution < 1.29 is 19.4 Å². The first-order chi connectivity index (χ1) is 9.33. The summed E-state index contributed by atoms with van der Waals surface area (Å²) in [4.78, 5) is 23.1. The monoisotopic (exact) mass is 288 g/mol. The summed E-state index contributed by atoms with van der Waals surface area (Å²) in [6, 6.07) is -1.47. The lowest BCUT2D eigenvalue weighted by molar-refractivity contribution is -0.140. The topological polar surface area (TPSA) is 87.7 Å². The van der Waals surface area contributed by atoms with Gasteiger partial charge in [-0.05, 0) is 18.8 Å². The van der Waals surface area contributed by atoms with E-state index in [9.17, 15) is 9.59 Å². The molecule has 0 radical (unpaired) electrons. The van der Waals surface area contributed by atoms with Crippen molar-refractivity contribution in [2.75, 3.05) is 13.2 Å². The number of hydrogen-bond acceptors (Lipinski definition) is 3. The van der Waals surface area contributed by atoms with Gasteiger partial charge in [0, 0.05) is 6.61 Å². The standard InChI is InChI=1S/C14H28N2O4/c1-6-10(5)12(13(17)18)16-14(19)15-11(9(3)4)8-20-7-2/h9-12H,6-8H2,1-5H3,(H,17,18)(H2,15,16,19)/t10-,11?,12-/m0/s1. The second-order valence-electron chi connectivity index (χ2n) is 5.33. The van der Waals surface area contributed by atoms with Crippen LogP contribution in [0.15, 0.2) is 0 Å². The molecular weight excluding hydrogens is 260 g/mol. The minimum atomic E-state index is -1.01. The number of rotatable bonds is 9. The van der Waals surface area contributed by atoms with Crippen LogP contribution in [0, 0.1) is 11.8 Å². The van der Waals surface area contributed by atoms with Crippen LogP contribution in [-0.2, 0) is 9.53 Å². The Hall–Kier alpha value is -1.30. The summed E-state index contributed by atoms with van der Waals surface area (Å²) < 4.78 is 5.32. The van der Waals surface area contributed by atoms with Crippen LogP contribution in [0.1, 0.15) is 41.0 Å². The molecule has 0 heterocycles. The van der Waals surface area contributed by atoms with Crippen LogP contribution in [0.25, 0.3) is 0 Å². The molecule has 0 aliphatic rings. The maximum absolute atomic E-state index is 11.9. The summed E-state index contributed by atoms with van der Waals surface area (Å²) >= 11 is 0. The SMILES string of the molecule is CCOCC(NC(=O)N[C@H](C(=O)O)[C@@H](C)CC)C(C)C. The molecule has 0 rings (SSSR count). The van der Waals surface area contributed by atoms with Crippen LogP contribution < -0.4 is 10.6 Å². The van der Waals surface area contributed by atoms with Crippen molar-refractivity contribution in [1.29, 1.82) is 0 Å². The van der Waals surface area contributed by atoms with Gasteiger partial charge in [0.25, 0.3) is 0 Å². The first-order valence-corrected chi connectivity index (χ1v) is 7.20. The molecule has 118 valence electrons. The number of ether oxygens (including phenoxy) is 1. The van der Waals surface area contributed by atoms with Crippen molar-refractivity contribution in [3.8, 4) is 0 Å². The predicted molar refractivity (Wildman–Crippen MR) is 77.7 cm³/mol. The Bertz CT molecular complexity index is 308. The highest BCUT2D eigenvalue weighted by atomic mass is 16.5. The zero-order chi connectivity index (χ0) is 15.7. The molecule has 1 unspecified atom stereocenters. The van der Waals surface area contributed by atoms with Crippen LogP contribution in [-0.4, -0.2) is 42.4 Å². The fraction of sp³-hybridized carbons (Fsp3) is 0.857. The van der Waals surface area contributed by atoms with Crippen molar-refractivity contribution >= 4 is 12.0 Å². The Balaban J connectivity index is 4.52. The molecule has 20 heavy (non-hydrogen) atoms. The number of urea groups is 1. The highest BCUT2D eigenvalue weighted by Gasteiger charge is 2.26. The lowest BCUT2D eigenvalue weighted by Crippen LogP contribution is -2.53. The Labute approximate surface area is 121 Å². The number of nitrogens with one attached hydrogen (secondary N) is 2. The average molecular weight is 288 g/mol. The van der Waals surface area contributed by atoms with Gasteiger partial charge in [0.15, 0.2) is 0 Å². The molecule has 6 heteroatoms. The van der Waals surface area contributed by atoms with Gasteiger partial charge < -0.3 is 20.5 Å². The number of carboxylic acid groups (broad SMARTS) is 1. The minimum absolute atomic E-state index is 0.123. The summed E-state index contributed by atoms with van der Waals surface area (Å²) in [5, 5.41) is 14.4. The molecule has 0 saturated carbocycles. The maximum Gasteiger partial charge on any atom is 0.326 e. The van der Waals surface area contributed by atoms with Gasteiger partial charge in [-0.25, -0.2) is 9.59 Å². The number of carbonyl (C=O) groups excluding carboxylic acids is 1. The quantitative estimate of drug-likeness (QED) is 0.604. The molecule has 0 aromatic carbocycles. The molecule has 6 nitrogen and oxygen atoms in total. The van der Waals surface area contributed by atoms with Crippen LogP contribution in [0.3, 0.4) is 0 Å². The third-order valence-electron chi connectivity index (χ3n) is 3.39. The molecular formula is C14H28N2O4. The van der Waals surface area contributed by atoms with E-state index < -0.39 is 18.0 Å². The summed E-state index contributed by atoms with van der Waals surface area (Å²) in [7, 11) is 0. The Morgan fingerprint density at radius 3 is 2.15 bits per heavy atom. The zero-order valence-electron chi connectivity index (χ0n) is 13.1. The van der Waals surface area contributed by atoms with Gasteiger partial charge in [0.05, 0.1) is 12.6 Å². The molecule has 3 atom stereocenters. The molecule has 0 aliphatic heterocycles. The van der Waals surface area contributed by atoms with E-state index in [0.717, 1.165) is 0 Å². The molecule has 0 saturated heterocycles. The van der Waals surface area contributed by atoms with Crippen molar-refractivity contribution in [1.82, 2.24) is 10.6 Å². The normalized spacial score (nSPS) is 15.5. The predicted octanol–water partition coefficient (Wildman–Crippen LogP) is 1.85. The zero-order valence-corrected chi connectivity index (χ0v) is 13.1. The van der Waals surface area contributed by atoms with Crippen molar-refractivity contribution in [2.45, 2.75) is 53.1 Å².